The summed E-state index contributed by atoms with van der Waals surface area (Å²) in [7, 11) is 0. The number of hydrogen-bond donors (Lipinski definition) is 2. The van der Waals surface area contributed by atoms with Gasteiger partial charge in [0.25, 0.3) is 0 Å². The molecule has 0 aliphatic rings. The van der Waals surface area contributed by atoms with Crippen LogP contribution in [0.5, 0.6) is 5.75 Å². The first kappa shape index (κ1) is 13.0. The molecule has 5 heteroatoms. The summed E-state index contributed by atoms with van der Waals surface area (Å²) < 4.78 is 10.5. The van der Waals surface area contributed by atoms with Crippen LogP contribution in [0.4, 0.5) is 5.69 Å². The van der Waals surface area contributed by atoms with E-state index in [1.54, 1.807) is 0 Å². The van der Waals surface area contributed by atoms with Crippen molar-refractivity contribution in [2.24, 2.45) is 0 Å². The predicted molar refractivity (Wildman–Crippen MR) is 70.6 cm³/mol. The lowest BCUT2D eigenvalue weighted by molar-refractivity contribution is 0.0696. The third-order valence-electron chi connectivity index (χ3n) is 2.53. The van der Waals surface area contributed by atoms with E-state index in [0.29, 0.717) is 18.9 Å². The summed E-state index contributed by atoms with van der Waals surface area (Å²) in [6.07, 6.45) is 1.23. The van der Waals surface area contributed by atoms with Gasteiger partial charge in [0.15, 0.2) is 0 Å². The van der Waals surface area contributed by atoms with Crippen LogP contribution in [0, 0.1) is 0 Å². The number of anilines is 1. The number of hydrogen-bond acceptors (Lipinski definition) is 4. The summed E-state index contributed by atoms with van der Waals surface area (Å²) in [5.74, 6) is 0.404. The molecule has 0 atom stereocenters. The lowest BCUT2D eigenvalue weighted by atomic mass is 10.3. The molecule has 0 saturated heterocycles. The molecule has 0 unspecified atom stereocenters. The van der Waals surface area contributed by atoms with E-state index >= 15 is 0 Å². The van der Waals surface area contributed by atoms with Gasteiger partial charge >= 0.3 is 5.97 Å². The van der Waals surface area contributed by atoms with Gasteiger partial charge in [-0.2, -0.15) is 0 Å². The third-order valence-corrected chi connectivity index (χ3v) is 2.53. The molecule has 0 bridgehead atoms. The molecule has 19 heavy (non-hydrogen) atoms. The van der Waals surface area contributed by atoms with E-state index in [0.717, 1.165) is 11.4 Å². The Morgan fingerprint density at radius 3 is 2.68 bits per heavy atom. The van der Waals surface area contributed by atoms with E-state index in [4.69, 9.17) is 14.3 Å². The third kappa shape index (κ3) is 3.51. The number of furan rings is 1. The molecule has 0 amide bonds. The number of carboxylic acid groups (broad SMARTS) is 1. The molecule has 2 N–H and O–H groups in total. The van der Waals surface area contributed by atoms with Gasteiger partial charge in [-0.3, -0.25) is 0 Å². The maximum atomic E-state index is 10.7. The molecule has 0 spiro atoms. The van der Waals surface area contributed by atoms with E-state index in [2.05, 4.69) is 5.32 Å². The highest BCUT2D eigenvalue weighted by atomic mass is 16.5. The molecule has 5 nitrogen and oxygen atoms in total. The Hall–Kier alpha value is -2.43. The predicted octanol–water partition coefficient (Wildman–Crippen LogP) is 2.99. The van der Waals surface area contributed by atoms with Crippen molar-refractivity contribution in [3.05, 3.63) is 47.9 Å². The molecule has 0 radical (unpaired) electrons. The highest BCUT2D eigenvalue weighted by molar-refractivity contribution is 5.87. The Bertz CT molecular complexity index is 545. The van der Waals surface area contributed by atoms with Gasteiger partial charge in [0, 0.05) is 5.69 Å². The maximum Gasteiger partial charge on any atom is 0.338 e. The van der Waals surface area contributed by atoms with Crippen LogP contribution in [-0.4, -0.2) is 17.7 Å². The summed E-state index contributed by atoms with van der Waals surface area (Å²) in [6, 6.07) is 9.04. The second-order valence-corrected chi connectivity index (χ2v) is 3.92. The summed E-state index contributed by atoms with van der Waals surface area (Å²) in [4.78, 5) is 10.7. The van der Waals surface area contributed by atoms with Gasteiger partial charge in [0.2, 0.25) is 0 Å². The number of carboxylic acids is 1. The lowest BCUT2D eigenvalue weighted by Crippen LogP contribution is -1.99. The fourth-order valence-corrected chi connectivity index (χ4v) is 1.61. The highest BCUT2D eigenvalue weighted by Crippen LogP contribution is 2.17. The Morgan fingerprint density at radius 2 is 2.11 bits per heavy atom. The zero-order valence-corrected chi connectivity index (χ0v) is 10.6. The van der Waals surface area contributed by atoms with Crippen molar-refractivity contribution in [3.63, 3.8) is 0 Å². The Kier molecular flexibility index (Phi) is 4.07. The minimum atomic E-state index is -0.990. The van der Waals surface area contributed by atoms with E-state index < -0.39 is 5.97 Å². The van der Waals surface area contributed by atoms with E-state index in [1.807, 2.05) is 31.2 Å². The quantitative estimate of drug-likeness (QED) is 0.836. The van der Waals surface area contributed by atoms with Gasteiger partial charge in [-0.1, -0.05) is 0 Å². The molecule has 1 heterocycles. The second-order valence-electron chi connectivity index (χ2n) is 3.92. The minimum absolute atomic E-state index is 0.156. The minimum Gasteiger partial charge on any atom is -0.494 e. The van der Waals surface area contributed by atoms with Gasteiger partial charge in [-0.05, 0) is 37.3 Å². The average molecular weight is 261 g/mol. The first-order valence-electron chi connectivity index (χ1n) is 5.96. The van der Waals surface area contributed by atoms with Crippen LogP contribution in [0.15, 0.2) is 41.0 Å². The second kappa shape index (κ2) is 5.95. The molecule has 100 valence electrons. The van der Waals surface area contributed by atoms with Gasteiger partial charge in [-0.25, -0.2) is 4.79 Å². The zero-order valence-electron chi connectivity index (χ0n) is 10.6. The van der Waals surface area contributed by atoms with Crippen molar-refractivity contribution in [2.75, 3.05) is 11.9 Å². The topological polar surface area (TPSA) is 71.7 Å². The number of benzene rings is 1. The van der Waals surface area contributed by atoms with Crippen LogP contribution in [0.1, 0.15) is 23.0 Å². The van der Waals surface area contributed by atoms with Crippen LogP contribution >= 0.6 is 0 Å². The highest BCUT2D eigenvalue weighted by Gasteiger charge is 2.07. The van der Waals surface area contributed by atoms with Crippen LogP contribution < -0.4 is 10.1 Å². The Morgan fingerprint density at radius 1 is 1.37 bits per heavy atom. The molecular weight excluding hydrogens is 246 g/mol. The molecule has 0 saturated carbocycles. The lowest BCUT2D eigenvalue weighted by Gasteiger charge is -2.06. The maximum absolute atomic E-state index is 10.7. The molecule has 2 rings (SSSR count). The monoisotopic (exact) mass is 261 g/mol. The average Bonchev–Trinajstić information content (AvgIpc) is 2.87. The smallest absolute Gasteiger partial charge is 0.338 e. The standard InChI is InChI=1S/C14H15NO4/c1-2-18-12-5-3-11(4-6-12)15-8-13-7-10(9-19-13)14(16)17/h3-7,9,15H,2,8H2,1H3,(H,16,17). The molecule has 1 aromatic carbocycles. The first-order chi connectivity index (χ1) is 9.19. The van der Waals surface area contributed by atoms with Gasteiger partial charge < -0.3 is 19.6 Å². The summed E-state index contributed by atoms with van der Waals surface area (Å²) in [5, 5.41) is 11.9. The van der Waals surface area contributed by atoms with Crippen molar-refractivity contribution in [2.45, 2.75) is 13.5 Å². The molecule has 1 aromatic heterocycles. The molecule has 0 fully saturated rings. The molecule has 0 aliphatic heterocycles. The van der Waals surface area contributed by atoms with Crippen LogP contribution in [0.25, 0.3) is 0 Å². The number of rotatable bonds is 6. The van der Waals surface area contributed by atoms with Crippen molar-refractivity contribution in [1.29, 1.82) is 0 Å². The largest absolute Gasteiger partial charge is 0.494 e. The SMILES string of the molecule is CCOc1ccc(NCc2cc(C(=O)O)co2)cc1. The zero-order chi connectivity index (χ0) is 13.7. The summed E-state index contributed by atoms with van der Waals surface area (Å²) in [6.45, 7) is 3.00. The van der Waals surface area contributed by atoms with E-state index in [1.165, 1.54) is 12.3 Å². The normalized spacial score (nSPS) is 10.2. The molecular formula is C14H15NO4. The number of aromatic carboxylic acids is 1. The van der Waals surface area contributed by atoms with Crippen molar-refractivity contribution < 1.29 is 19.1 Å². The van der Waals surface area contributed by atoms with Crippen LogP contribution in [0.3, 0.4) is 0 Å². The first-order valence-corrected chi connectivity index (χ1v) is 5.96. The van der Waals surface area contributed by atoms with Crippen molar-refractivity contribution in [3.8, 4) is 5.75 Å². The van der Waals surface area contributed by atoms with E-state index in [-0.39, 0.29) is 5.56 Å². The summed E-state index contributed by atoms with van der Waals surface area (Å²) >= 11 is 0. The van der Waals surface area contributed by atoms with Gasteiger partial charge in [0.05, 0.1) is 18.7 Å². The fourth-order valence-electron chi connectivity index (χ4n) is 1.61. The van der Waals surface area contributed by atoms with E-state index in [9.17, 15) is 4.79 Å². The Balaban J connectivity index is 1.92. The molecule has 0 aliphatic carbocycles. The van der Waals surface area contributed by atoms with Gasteiger partial charge in [-0.15, -0.1) is 0 Å². The van der Waals surface area contributed by atoms with Gasteiger partial charge in [0.1, 0.15) is 17.8 Å². The number of nitrogens with one attached hydrogen (secondary N) is 1. The van der Waals surface area contributed by atoms with Crippen LogP contribution in [-0.2, 0) is 6.54 Å². The summed E-state index contributed by atoms with van der Waals surface area (Å²) in [5.41, 5.74) is 1.07. The fraction of sp³-hybridized carbons (Fsp3) is 0.214. The number of ether oxygens (including phenoxy) is 1. The van der Waals surface area contributed by atoms with Crippen LogP contribution in [0.2, 0.25) is 0 Å². The van der Waals surface area contributed by atoms with Crippen molar-refractivity contribution in [1.82, 2.24) is 0 Å². The molecule has 2 aromatic rings. The van der Waals surface area contributed by atoms with Crippen molar-refractivity contribution >= 4 is 11.7 Å². The Labute approximate surface area is 110 Å². The number of carbonyl (C=O) groups is 1.